The van der Waals surface area contributed by atoms with E-state index in [4.69, 9.17) is 0 Å². The van der Waals surface area contributed by atoms with E-state index in [0.717, 1.165) is 12.1 Å². The van der Waals surface area contributed by atoms with Gasteiger partial charge in [0.1, 0.15) is 32.7 Å². The molecule has 0 amide bonds. The molecule has 0 saturated heterocycles. The van der Waals surface area contributed by atoms with Crippen LogP contribution in [0.15, 0.2) is 70.5 Å². The molecule has 0 radical (unpaired) electrons. The molecule has 0 saturated carbocycles. The highest BCUT2D eigenvalue weighted by Crippen LogP contribution is 2.45. The van der Waals surface area contributed by atoms with Gasteiger partial charge < -0.3 is 15.5 Å². The lowest BCUT2D eigenvalue weighted by molar-refractivity contribution is 0.470. The third-order valence-corrected chi connectivity index (χ3v) is 6.53. The van der Waals surface area contributed by atoms with E-state index in [1.807, 2.05) is 0 Å². The molecule has 31 heavy (non-hydrogen) atoms. The molecule has 4 aromatic carbocycles. The SMILES string of the molecule is O=S(=O)(O)c1cc2ccccc2c(O)c1Nc1c(S(=O)(=O)O)cc2ccccc2c1O. The Labute approximate surface area is 176 Å². The van der Waals surface area contributed by atoms with Gasteiger partial charge in [-0.25, -0.2) is 0 Å². The van der Waals surface area contributed by atoms with Crippen LogP contribution >= 0.6 is 0 Å². The van der Waals surface area contributed by atoms with Crippen LogP contribution in [0.1, 0.15) is 0 Å². The van der Waals surface area contributed by atoms with Crippen molar-refractivity contribution >= 4 is 53.2 Å². The number of fused-ring (bicyclic) bond motifs is 2. The number of rotatable bonds is 4. The lowest BCUT2D eigenvalue weighted by atomic mass is 10.1. The number of hydrogen-bond acceptors (Lipinski definition) is 7. The van der Waals surface area contributed by atoms with Gasteiger partial charge in [-0.15, -0.1) is 0 Å². The zero-order valence-electron chi connectivity index (χ0n) is 15.5. The quantitative estimate of drug-likeness (QED) is 0.226. The Morgan fingerprint density at radius 3 is 1.32 bits per heavy atom. The molecule has 0 aliphatic carbocycles. The topological polar surface area (TPSA) is 161 Å². The fraction of sp³-hybridized carbons (Fsp3) is 0. The Morgan fingerprint density at radius 1 is 0.613 bits per heavy atom. The molecular weight excluding hydrogens is 446 g/mol. The third kappa shape index (κ3) is 3.64. The molecule has 4 aromatic rings. The molecule has 0 aliphatic rings. The van der Waals surface area contributed by atoms with Gasteiger partial charge in [0, 0.05) is 10.8 Å². The first-order valence-electron chi connectivity index (χ1n) is 8.70. The van der Waals surface area contributed by atoms with Crippen LogP contribution in [0.25, 0.3) is 21.5 Å². The maximum Gasteiger partial charge on any atom is 0.296 e. The van der Waals surface area contributed by atoms with Gasteiger partial charge in [-0.05, 0) is 22.9 Å². The van der Waals surface area contributed by atoms with Gasteiger partial charge in [-0.1, -0.05) is 48.5 Å². The highest BCUT2D eigenvalue weighted by Gasteiger charge is 2.27. The Bertz CT molecular complexity index is 1460. The standard InChI is InChI=1S/C20H15NO8S2/c22-19-13-7-3-1-5-11(13)9-15(30(24,25)26)17(19)21-18-16(31(27,28)29)10-12-6-2-4-8-14(12)20(18)23/h1-10,21-23H,(H,24,25,26)(H,27,28,29). The van der Waals surface area contributed by atoms with Crippen molar-refractivity contribution < 1.29 is 36.2 Å². The first kappa shape index (κ1) is 20.9. The van der Waals surface area contributed by atoms with E-state index >= 15 is 0 Å². The van der Waals surface area contributed by atoms with Crippen LogP contribution < -0.4 is 5.32 Å². The largest absolute Gasteiger partial charge is 0.505 e. The lowest BCUT2D eigenvalue weighted by Gasteiger charge is -2.18. The van der Waals surface area contributed by atoms with Gasteiger partial charge in [-0.2, -0.15) is 16.8 Å². The number of benzene rings is 4. The van der Waals surface area contributed by atoms with Crippen LogP contribution in [-0.2, 0) is 20.2 Å². The number of anilines is 2. The number of nitrogens with one attached hydrogen (secondary N) is 1. The van der Waals surface area contributed by atoms with E-state index in [2.05, 4.69) is 5.32 Å². The minimum absolute atomic E-state index is 0.200. The highest BCUT2D eigenvalue weighted by atomic mass is 32.2. The van der Waals surface area contributed by atoms with Crippen LogP contribution in [0.2, 0.25) is 0 Å². The second-order valence-corrected chi connectivity index (χ2v) is 9.49. The van der Waals surface area contributed by atoms with Crippen molar-refractivity contribution in [2.45, 2.75) is 9.79 Å². The molecule has 4 rings (SSSR count). The zero-order valence-corrected chi connectivity index (χ0v) is 17.1. The van der Waals surface area contributed by atoms with Crippen molar-refractivity contribution in [3.8, 4) is 11.5 Å². The highest BCUT2D eigenvalue weighted by molar-refractivity contribution is 7.86. The fourth-order valence-corrected chi connectivity index (χ4v) is 4.74. The predicted octanol–water partition coefficient (Wildman–Crippen LogP) is 3.64. The maximum atomic E-state index is 12.0. The van der Waals surface area contributed by atoms with Crippen molar-refractivity contribution in [2.24, 2.45) is 0 Å². The summed E-state index contributed by atoms with van der Waals surface area (Å²) in [6, 6.07) is 14.5. The van der Waals surface area contributed by atoms with Crippen molar-refractivity contribution in [2.75, 3.05) is 5.32 Å². The summed E-state index contributed by atoms with van der Waals surface area (Å²) in [5.74, 6) is -1.22. The van der Waals surface area contributed by atoms with E-state index in [1.54, 1.807) is 24.3 Å². The molecule has 9 nitrogen and oxygen atoms in total. The Kier molecular flexibility index (Phi) is 4.78. The lowest BCUT2D eigenvalue weighted by Crippen LogP contribution is -2.08. The van der Waals surface area contributed by atoms with E-state index < -0.39 is 52.9 Å². The van der Waals surface area contributed by atoms with Crippen LogP contribution in [0.5, 0.6) is 11.5 Å². The second kappa shape index (κ2) is 7.10. The number of phenolic OH excluding ortho intramolecular Hbond substituents is 2. The molecule has 0 bridgehead atoms. The molecule has 0 spiro atoms. The number of phenols is 2. The van der Waals surface area contributed by atoms with Gasteiger partial charge in [0.05, 0.1) is 0 Å². The van der Waals surface area contributed by atoms with Crippen molar-refractivity contribution in [1.82, 2.24) is 0 Å². The third-order valence-electron chi connectivity index (χ3n) is 4.78. The fourth-order valence-electron chi connectivity index (χ4n) is 3.38. The van der Waals surface area contributed by atoms with Crippen LogP contribution in [-0.4, -0.2) is 36.2 Å². The smallest absolute Gasteiger partial charge is 0.296 e. The summed E-state index contributed by atoms with van der Waals surface area (Å²) in [5.41, 5.74) is -1.15. The van der Waals surface area contributed by atoms with E-state index in [-0.39, 0.29) is 21.5 Å². The molecule has 5 N–H and O–H groups in total. The number of hydrogen-bond donors (Lipinski definition) is 5. The summed E-state index contributed by atoms with van der Waals surface area (Å²) in [6.07, 6.45) is 0. The normalized spacial score (nSPS) is 12.3. The van der Waals surface area contributed by atoms with E-state index in [9.17, 15) is 36.2 Å². The molecule has 0 atom stereocenters. The summed E-state index contributed by atoms with van der Waals surface area (Å²) in [7, 11) is -9.77. The molecule has 0 heterocycles. The van der Waals surface area contributed by atoms with Gasteiger partial charge in [0.25, 0.3) is 20.2 Å². The zero-order chi connectivity index (χ0) is 22.6. The van der Waals surface area contributed by atoms with Crippen LogP contribution in [0.4, 0.5) is 11.4 Å². The average molecular weight is 461 g/mol. The Balaban J connectivity index is 2.09. The van der Waals surface area contributed by atoms with Gasteiger partial charge in [0.2, 0.25) is 0 Å². The van der Waals surface area contributed by atoms with Crippen molar-refractivity contribution in [3.05, 3.63) is 60.7 Å². The Morgan fingerprint density at radius 2 is 0.968 bits per heavy atom. The van der Waals surface area contributed by atoms with Gasteiger partial charge in [-0.3, -0.25) is 9.11 Å². The molecule has 11 heteroatoms. The monoisotopic (exact) mass is 461 g/mol. The average Bonchev–Trinajstić information content (AvgIpc) is 2.70. The van der Waals surface area contributed by atoms with E-state index in [1.165, 1.54) is 24.3 Å². The molecule has 0 fully saturated rings. The maximum absolute atomic E-state index is 12.0. The summed E-state index contributed by atoms with van der Waals surface area (Å²) in [6.45, 7) is 0. The Hall–Kier alpha value is -3.38. The number of aromatic hydroxyl groups is 2. The van der Waals surface area contributed by atoms with Gasteiger partial charge in [0.15, 0.2) is 0 Å². The van der Waals surface area contributed by atoms with Crippen LogP contribution in [0, 0.1) is 0 Å². The van der Waals surface area contributed by atoms with E-state index in [0.29, 0.717) is 0 Å². The predicted molar refractivity (Wildman–Crippen MR) is 114 cm³/mol. The molecule has 0 unspecified atom stereocenters. The second-order valence-electron chi connectivity index (χ2n) is 6.71. The minimum Gasteiger partial charge on any atom is -0.505 e. The summed E-state index contributed by atoms with van der Waals surface area (Å²) in [4.78, 5) is -1.50. The molecule has 0 aliphatic heterocycles. The van der Waals surface area contributed by atoms with Crippen molar-refractivity contribution in [1.29, 1.82) is 0 Å². The molecule has 160 valence electrons. The minimum atomic E-state index is -4.89. The van der Waals surface area contributed by atoms with Crippen LogP contribution in [0.3, 0.4) is 0 Å². The van der Waals surface area contributed by atoms with Crippen molar-refractivity contribution in [3.63, 3.8) is 0 Å². The van der Waals surface area contributed by atoms with Gasteiger partial charge >= 0.3 is 0 Å². The summed E-state index contributed by atoms with van der Waals surface area (Å²) in [5, 5.41) is 24.8. The molecule has 0 aromatic heterocycles. The first-order valence-corrected chi connectivity index (χ1v) is 11.6. The molecular formula is C20H15NO8S2. The first-order chi connectivity index (χ1) is 14.5. The summed E-state index contributed by atoms with van der Waals surface area (Å²) < 4.78 is 67.4. The summed E-state index contributed by atoms with van der Waals surface area (Å²) >= 11 is 0.